The summed E-state index contributed by atoms with van der Waals surface area (Å²) in [6.07, 6.45) is 10.7. The van der Waals surface area contributed by atoms with Crippen LogP contribution in [0.3, 0.4) is 0 Å². The quantitative estimate of drug-likeness (QED) is 0.371. The van der Waals surface area contributed by atoms with Crippen molar-refractivity contribution < 1.29 is 0 Å². The third kappa shape index (κ3) is 3.95. The highest BCUT2D eigenvalue weighted by Crippen LogP contribution is 2.34. The Morgan fingerprint density at radius 2 is 2.10 bits per heavy atom. The summed E-state index contributed by atoms with van der Waals surface area (Å²) in [4.78, 5) is 7.21. The van der Waals surface area contributed by atoms with E-state index in [9.17, 15) is 0 Å². The van der Waals surface area contributed by atoms with Crippen molar-refractivity contribution in [3.63, 3.8) is 0 Å². The minimum Gasteiger partial charge on any atom is -0.297 e. The molecule has 0 spiro atoms. The Labute approximate surface area is 176 Å². The normalized spacial score (nSPS) is 12.5. The molecule has 5 nitrogen and oxygen atoms in total. The second-order valence-electron chi connectivity index (χ2n) is 8.05. The second-order valence-corrected chi connectivity index (χ2v) is 9.06. The second kappa shape index (κ2) is 8.04. The van der Waals surface area contributed by atoms with Crippen molar-refractivity contribution >= 4 is 33.9 Å². The van der Waals surface area contributed by atoms with E-state index in [0.717, 1.165) is 36.1 Å². The molecule has 0 fully saturated rings. The number of nitrogens with zero attached hydrogens (tertiary/aromatic N) is 5. The van der Waals surface area contributed by atoms with Crippen molar-refractivity contribution in [2.75, 3.05) is 0 Å². The summed E-state index contributed by atoms with van der Waals surface area (Å²) >= 11 is 1.74. The van der Waals surface area contributed by atoms with Crippen molar-refractivity contribution in [1.82, 2.24) is 19.2 Å². The number of nitriles is 1. The molecule has 0 saturated carbocycles. The van der Waals surface area contributed by atoms with E-state index >= 15 is 0 Å². The van der Waals surface area contributed by atoms with E-state index in [2.05, 4.69) is 60.0 Å². The van der Waals surface area contributed by atoms with Gasteiger partial charge in [-0.1, -0.05) is 37.8 Å². The van der Waals surface area contributed by atoms with Crippen LogP contribution in [-0.4, -0.2) is 25.9 Å². The topological polar surface area (TPSA) is 58.9 Å². The first kappa shape index (κ1) is 19.7. The van der Waals surface area contributed by atoms with Crippen molar-refractivity contribution in [3.8, 4) is 16.4 Å². The molecule has 0 aliphatic carbocycles. The van der Waals surface area contributed by atoms with Gasteiger partial charge in [0, 0.05) is 42.9 Å². The molecule has 7 heteroatoms. The minimum absolute atomic E-state index is 0.140. The monoisotopic (exact) mass is 403 g/mol. The summed E-state index contributed by atoms with van der Waals surface area (Å²) in [7, 11) is 1.96. The first-order valence-corrected chi connectivity index (χ1v) is 11.1. The summed E-state index contributed by atoms with van der Waals surface area (Å²) in [5.41, 5.74) is 4.66. The van der Waals surface area contributed by atoms with Crippen molar-refractivity contribution in [2.24, 2.45) is 7.05 Å². The molecule has 148 valence electrons. The third-order valence-corrected chi connectivity index (χ3v) is 6.74. The average Bonchev–Trinajstić information content (AvgIpc) is 3.37. The molecule has 0 saturated heterocycles. The van der Waals surface area contributed by atoms with Gasteiger partial charge in [0.25, 0.3) is 6.71 Å². The molecule has 4 aromatic rings. The Morgan fingerprint density at radius 1 is 1.28 bits per heavy atom. The van der Waals surface area contributed by atoms with Gasteiger partial charge >= 0.3 is 0 Å². The SMILES string of the molecule is CCC(CCCB(C)C#N)c1cn2cc(-c3cc(C)c4nn(C)cc4c3)sc2n1. The zero-order chi connectivity index (χ0) is 20.5. The van der Waals surface area contributed by atoms with E-state index in [1.165, 1.54) is 27.1 Å². The average molecular weight is 403 g/mol. The molecule has 0 radical (unpaired) electrons. The molecule has 1 atom stereocenters. The van der Waals surface area contributed by atoms with Gasteiger partial charge in [-0.2, -0.15) is 5.10 Å². The summed E-state index contributed by atoms with van der Waals surface area (Å²) < 4.78 is 4.04. The Hall–Kier alpha value is -2.59. The Balaban J connectivity index is 1.57. The van der Waals surface area contributed by atoms with Crippen LogP contribution in [0.2, 0.25) is 13.1 Å². The molecule has 29 heavy (non-hydrogen) atoms. The van der Waals surface area contributed by atoms with E-state index in [1.807, 2.05) is 18.6 Å². The van der Waals surface area contributed by atoms with E-state index < -0.39 is 0 Å². The Kier molecular flexibility index (Phi) is 5.47. The number of hydrogen-bond donors (Lipinski definition) is 0. The lowest BCUT2D eigenvalue weighted by molar-refractivity contribution is 0.583. The van der Waals surface area contributed by atoms with Crippen LogP contribution in [0.25, 0.3) is 26.3 Å². The lowest BCUT2D eigenvalue weighted by Gasteiger charge is -2.11. The van der Waals surface area contributed by atoms with Crippen LogP contribution in [0.5, 0.6) is 0 Å². The van der Waals surface area contributed by atoms with Gasteiger partial charge in [-0.05, 0) is 43.0 Å². The summed E-state index contributed by atoms with van der Waals surface area (Å²) in [5, 5.41) is 14.7. The maximum atomic E-state index is 8.97. The fraction of sp³-hybridized carbons (Fsp3) is 0.409. The molecular weight excluding hydrogens is 377 g/mol. The van der Waals surface area contributed by atoms with Crippen LogP contribution in [0.4, 0.5) is 0 Å². The van der Waals surface area contributed by atoms with E-state index in [1.54, 1.807) is 11.3 Å². The maximum absolute atomic E-state index is 8.97. The largest absolute Gasteiger partial charge is 0.297 e. The first-order valence-electron chi connectivity index (χ1n) is 10.3. The zero-order valence-electron chi connectivity index (χ0n) is 17.5. The van der Waals surface area contributed by atoms with Gasteiger partial charge in [-0.15, -0.1) is 0 Å². The molecule has 0 N–H and O–H groups in total. The Morgan fingerprint density at radius 3 is 2.83 bits per heavy atom. The molecule has 0 bridgehead atoms. The highest BCUT2D eigenvalue weighted by atomic mass is 32.1. The van der Waals surface area contributed by atoms with Crippen molar-refractivity contribution in [3.05, 3.63) is 42.0 Å². The van der Waals surface area contributed by atoms with E-state index in [4.69, 9.17) is 10.2 Å². The molecule has 0 amide bonds. The molecular formula is C22H26BN5S. The van der Waals surface area contributed by atoms with Gasteiger partial charge in [0.2, 0.25) is 0 Å². The standard InChI is InChI=1S/C22H26BN5S/c1-5-16(7-6-8-23(3)14-24)19-12-28-13-20(29-22(28)25-19)17-9-15(2)21-18(10-17)11-27(4)26-21/h9-13,16H,5-8H2,1-4H3. The van der Waals surface area contributed by atoms with Crippen molar-refractivity contribution in [2.45, 2.75) is 52.2 Å². The Bertz CT molecular complexity index is 1160. The smallest absolute Gasteiger partial charge is 0.264 e. The number of benzene rings is 1. The van der Waals surface area contributed by atoms with Crippen LogP contribution in [-0.2, 0) is 7.05 Å². The van der Waals surface area contributed by atoms with Gasteiger partial charge in [-0.3, -0.25) is 9.08 Å². The highest BCUT2D eigenvalue weighted by Gasteiger charge is 2.17. The minimum atomic E-state index is 0.140. The van der Waals surface area contributed by atoms with Gasteiger partial charge in [0.1, 0.15) is 0 Å². The summed E-state index contributed by atoms with van der Waals surface area (Å²) in [6, 6.07) is 4.43. The lowest BCUT2D eigenvalue weighted by atomic mass is 9.50. The number of aromatic nitrogens is 4. The number of rotatable bonds is 7. The lowest BCUT2D eigenvalue weighted by Crippen LogP contribution is -2.05. The van der Waals surface area contributed by atoms with Crippen LogP contribution < -0.4 is 0 Å². The molecule has 0 aliphatic heterocycles. The predicted molar refractivity (Wildman–Crippen MR) is 122 cm³/mol. The molecule has 0 aliphatic rings. The van der Waals surface area contributed by atoms with E-state index in [-0.39, 0.29) is 6.71 Å². The fourth-order valence-electron chi connectivity index (χ4n) is 4.01. The van der Waals surface area contributed by atoms with Crippen LogP contribution in [0.15, 0.2) is 30.7 Å². The molecule has 4 rings (SSSR count). The van der Waals surface area contributed by atoms with Gasteiger partial charge in [-0.25, -0.2) is 10.2 Å². The first-order chi connectivity index (χ1) is 14.0. The highest BCUT2D eigenvalue weighted by molar-refractivity contribution is 7.20. The number of thiazole rings is 1. The molecule has 3 aromatic heterocycles. The summed E-state index contributed by atoms with van der Waals surface area (Å²) in [6.45, 7) is 6.48. The molecule has 1 aromatic carbocycles. The summed E-state index contributed by atoms with van der Waals surface area (Å²) in [5.74, 6) is 2.79. The van der Waals surface area contributed by atoms with Crippen molar-refractivity contribution in [1.29, 1.82) is 5.26 Å². The molecule has 3 heterocycles. The zero-order valence-corrected chi connectivity index (χ0v) is 18.3. The molecule has 1 unspecified atom stereocenters. The number of aryl methyl sites for hydroxylation is 2. The number of imidazole rings is 1. The third-order valence-electron chi connectivity index (χ3n) is 5.69. The van der Waals surface area contributed by atoms with Gasteiger partial charge in [0.05, 0.1) is 16.1 Å². The predicted octanol–water partition coefficient (Wildman–Crippen LogP) is 5.72. The number of fused-ring (bicyclic) bond motifs is 2. The van der Waals surface area contributed by atoms with Crippen LogP contribution >= 0.6 is 11.3 Å². The van der Waals surface area contributed by atoms with Gasteiger partial charge < -0.3 is 0 Å². The van der Waals surface area contributed by atoms with Crippen LogP contribution in [0, 0.1) is 18.2 Å². The maximum Gasteiger partial charge on any atom is 0.264 e. The van der Waals surface area contributed by atoms with E-state index in [0.29, 0.717) is 5.92 Å². The van der Waals surface area contributed by atoms with Gasteiger partial charge in [0.15, 0.2) is 4.96 Å². The van der Waals surface area contributed by atoms with Crippen LogP contribution in [0.1, 0.15) is 43.4 Å². The fourth-order valence-corrected chi connectivity index (χ4v) is 4.97. The number of hydrogen-bond acceptors (Lipinski definition) is 4.